The zero-order chi connectivity index (χ0) is 14.8. The SMILES string of the molecule is CN(CC(N)c1cccc(C(F)(F)F)c1)C1CCOC1. The molecule has 1 fully saturated rings. The molecule has 0 bridgehead atoms. The van der Waals surface area contributed by atoms with Crippen molar-refractivity contribution in [1.82, 2.24) is 4.90 Å². The van der Waals surface area contributed by atoms with Gasteiger partial charge in [0.05, 0.1) is 12.2 Å². The second-order valence-corrected chi connectivity index (χ2v) is 5.19. The van der Waals surface area contributed by atoms with Crippen molar-refractivity contribution in [3.05, 3.63) is 35.4 Å². The van der Waals surface area contributed by atoms with Crippen LogP contribution in [0.15, 0.2) is 24.3 Å². The van der Waals surface area contributed by atoms with Crippen LogP contribution in [0.5, 0.6) is 0 Å². The number of hydrogen-bond acceptors (Lipinski definition) is 3. The second-order valence-electron chi connectivity index (χ2n) is 5.19. The van der Waals surface area contributed by atoms with E-state index in [1.54, 1.807) is 6.07 Å². The zero-order valence-electron chi connectivity index (χ0n) is 11.4. The molecule has 2 atom stereocenters. The first-order valence-corrected chi connectivity index (χ1v) is 6.58. The van der Waals surface area contributed by atoms with Crippen LogP contribution in [0.2, 0.25) is 0 Å². The normalized spacial score (nSPS) is 21.4. The molecule has 0 aliphatic carbocycles. The van der Waals surface area contributed by atoms with Crippen molar-refractivity contribution in [2.24, 2.45) is 5.73 Å². The van der Waals surface area contributed by atoms with Gasteiger partial charge in [0.1, 0.15) is 0 Å². The highest BCUT2D eigenvalue weighted by Gasteiger charge is 2.31. The van der Waals surface area contributed by atoms with Crippen molar-refractivity contribution in [1.29, 1.82) is 0 Å². The molecule has 0 spiro atoms. The van der Waals surface area contributed by atoms with Gasteiger partial charge >= 0.3 is 6.18 Å². The van der Waals surface area contributed by atoms with E-state index in [1.165, 1.54) is 6.07 Å². The minimum Gasteiger partial charge on any atom is -0.380 e. The van der Waals surface area contributed by atoms with Crippen LogP contribution in [0.25, 0.3) is 0 Å². The fourth-order valence-electron chi connectivity index (χ4n) is 2.38. The Morgan fingerprint density at radius 2 is 2.20 bits per heavy atom. The van der Waals surface area contributed by atoms with Crippen LogP contribution in [0, 0.1) is 0 Å². The van der Waals surface area contributed by atoms with Crippen LogP contribution in [0.4, 0.5) is 13.2 Å². The van der Waals surface area contributed by atoms with E-state index in [4.69, 9.17) is 10.5 Å². The fourth-order valence-corrected chi connectivity index (χ4v) is 2.38. The highest BCUT2D eigenvalue weighted by Crippen LogP contribution is 2.30. The number of ether oxygens (including phenoxy) is 1. The van der Waals surface area contributed by atoms with E-state index >= 15 is 0 Å². The molecule has 2 N–H and O–H groups in total. The van der Waals surface area contributed by atoms with Gasteiger partial charge in [-0.25, -0.2) is 0 Å². The molecule has 1 heterocycles. The molecular formula is C14H19F3N2O. The predicted octanol–water partition coefficient (Wildman–Crippen LogP) is 2.43. The van der Waals surface area contributed by atoms with Crippen molar-refractivity contribution < 1.29 is 17.9 Å². The Labute approximate surface area is 116 Å². The first kappa shape index (κ1) is 15.3. The van der Waals surface area contributed by atoms with Gasteiger partial charge in [-0.2, -0.15) is 13.2 Å². The molecule has 1 aliphatic rings. The van der Waals surface area contributed by atoms with E-state index in [-0.39, 0.29) is 0 Å². The van der Waals surface area contributed by atoms with Gasteiger partial charge in [0.15, 0.2) is 0 Å². The molecule has 0 aromatic heterocycles. The number of halogens is 3. The fraction of sp³-hybridized carbons (Fsp3) is 0.571. The van der Waals surface area contributed by atoms with Crippen molar-refractivity contribution in [3.8, 4) is 0 Å². The molecule has 112 valence electrons. The van der Waals surface area contributed by atoms with Crippen LogP contribution in [0.1, 0.15) is 23.6 Å². The molecule has 1 aromatic rings. The maximum absolute atomic E-state index is 12.7. The Morgan fingerprint density at radius 3 is 2.80 bits per heavy atom. The third-order valence-electron chi connectivity index (χ3n) is 3.66. The summed E-state index contributed by atoms with van der Waals surface area (Å²) in [7, 11) is 1.92. The monoisotopic (exact) mass is 288 g/mol. The Kier molecular flexibility index (Phi) is 4.67. The Bertz CT molecular complexity index is 444. The van der Waals surface area contributed by atoms with Crippen LogP contribution in [-0.2, 0) is 10.9 Å². The Morgan fingerprint density at radius 1 is 1.45 bits per heavy atom. The lowest BCUT2D eigenvalue weighted by Gasteiger charge is -2.26. The number of rotatable bonds is 4. The molecule has 0 amide bonds. The molecule has 20 heavy (non-hydrogen) atoms. The average molecular weight is 288 g/mol. The number of hydrogen-bond donors (Lipinski definition) is 1. The summed E-state index contributed by atoms with van der Waals surface area (Å²) in [6.45, 7) is 1.90. The summed E-state index contributed by atoms with van der Waals surface area (Å²) in [5.41, 5.74) is 5.88. The molecule has 1 aliphatic heterocycles. The molecule has 3 nitrogen and oxygen atoms in total. The highest BCUT2D eigenvalue weighted by atomic mass is 19.4. The lowest BCUT2D eigenvalue weighted by molar-refractivity contribution is -0.137. The van der Waals surface area contributed by atoms with E-state index in [0.717, 1.165) is 25.2 Å². The van der Waals surface area contributed by atoms with Gasteiger partial charge in [-0.15, -0.1) is 0 Å². The lowest BCUT2D eigenvalue weighted by Crippen LogP contribution is -2.37. The largest absolute Gasteiger partial charge is 0.416 e. The molecule has 2 rings (SSSR count). The number of nitrogens with two attached hydrogens (primary N) is 1. The summed E-state index contributed by atoms with van der Waals surface area (Å²) in [6.07, 6.45) is -3.40. The summed E-state index contributed by atoms with van der Waals surface area (Å²) >= 11 is 0. The third kappa shape index (κ3) is 3.71. The molecule has 1 aromatic carbocycles. The van der Waals surface area contributed by atoms with E-state index in [2.05, 4.69) is 4.90 Å². The van der Waals surface area contributed by atoms with Crippen molar-refractivity contribution >= 4 is 0 Å². The van der Waals surface area contributed by atoms with Crippen LogP contribution < -0.4 is 5.73 Å². The standard InChI is InChI=1S/C14H19F3N2O/c1-19(12-5-6-20-9-12)8-13(18)10-3-2-4-11(7-10)14(15,16)17/h2-4,7,12-13H,5-6,8-9,18H2,1H3. The summed E-state index contributed by atoms with van der Waals surface area (Å²) in [5, 5.41) is 0. The number of benzene rings is 1. The summed E-state index contributed by atoms with van der Waals surface area (Å²) < 4.78 is 43.3. The zero-order valence-corrected chi connectivity index (χ0v) is 11.4. The molecule has 2 unspecified atom stereocenters. The lowest BCUT2D eigenvalue weighted by atomic mass is 10.0. The van der Waals surface area contributed by atoms with Crippen molar-refractivity contribution in [2.75, 3.05) is 26.8 Å². The van der Waals surface area contributed by atoms with Gasteiger partial charge < -0.3 is 10.5 Å². The van der Waals surface area contributed by atoms with Gasteiger partial charge in [-0.3, -0.25) is 4.90 Å². The van der Waals surface area contributed by atoms with Gasteiger partial charge in [-0.05, 0) is 31.2 Å². The van der Waals surface area contributed by atoms with Crippen LogP contribution >= 0.6 is 0 Å². The smallest absolute Gasteiger partial charge is 0.380 e. The van der Waals surface area contributed by atoms with Gasteiger partial charge in [-0.1, -0.05) is 12.1 Å². The third-order valence-corrected chi connectivity index (χ3v) is 3.66. The van der Waals surface area contributed by atoms with Crippen LogP contribution in [-0.4, -0.2) is 37.7 Å². The predicted molar refractivity (Wildman–Crippen MR) is 70.2 cm³/mol. The molecular weight excluding hydrogens is 269 g/mol. The minimum absolute atomic E-state index is 0.298. The summed E-state index contributed by atoms with van der Waals surface area (Å²) in [5.74, 6) is 0. The van der Waals surface area contributed by atoms with E-state index < -0.39 is 17.8 Å². The quantitative estimate of drug-likeness (QED) is 0.924. The maximum atomic E-state index is 12.7. The highest BCUT2D eigenvalue weighted by molar-refractivity contribution is 5.28. The van der Waals surface area contributed by atoms with Gasteiger partial charge in [0.2, 0.25) is 0 Å². The topological polar surface area (TPSA) is 38.5 Å². The molecule has 1 saturated heterocycles. The van der Waals surface area contributed by atoms with E-state index in [1.807, 2.05) is 7.05 Å². The summed E-state index contributed by atoms with van der Waals surface area (Å²) in [4.78, 5) is 2.05. The van der Waals surface area contributed by atoms with Gasteiger partial charge in [0.25, 0.3) is 0 Å². The number of alkyl halides is 3. The number of nitrogens with zero attached hydrogens (tertiary/aromatic N) is 1. The maximum Gasteiger partial charge on any atom is 0.416 e. The van der Waals surface area contributed by atoms with E-state index in [0.29, 0.717) is 24.8 Å². The van der Waals surface area contributed by atoms with Gasteiger partial charge in [0, 0.05) is 25.2 Å². The van der Waals surface area contributed by atoms with E-state index in [9.17, 15) is 13.2 Å². The summed E-state index contributed by atoms with van der Waals surface area (Å²) in [6, 6.07) is 5.08. The molecule has 6 heteroatoms. The van der Waals surface area contributed by atoms with Crippen molar-refractivity contribution in [3.63, 3.8) is 0 Å². The Hall–Kier alpha value is -1.11. The average Bonchev–Trinajstić information content (AvgIpc) is 2.91. The minimum atomic E-state index is -4.33. The number of likely N-dealkylation sites (N-methyl/N-ethyl adjacent to an activating group) is 1. The molecule has 0 saturated carbocycles. The first-order chi connectivity index (χ1) is 9.38. The molecule has 0 radical (unpaired) electrons. The second kappa shape index (κ2) is 6.11. The first-order valence-electron chi connectivity index (χ1n) is 6.58. The van der Waals surface area contributed by atoms with Crippen LogP contribution in [0.3, 0.4) is 0 Å². The van der Waals surface area contributed by atoms with Crippen molar-refractivity contribution in [2.45, 2.75) is 24.7 Å². The Balaban J connectivity index is 2.03.